The van der Waals surface area contributed by atoms with Gasteiger partial charge in [-0.05, 0) is 12.8 Å². The first-order valence-electron chi connectivity index (χ1n) is 6.60. The zero-order valence-corrected chi connectivity index (χ0v) is 11.7. The van der Waals surface area contributed by atoms with Gasteiger partial charge in [-0.25, -0.2) is 9.97 Å². The van der Waals surface area contributed by atoms with Gasteiger partial charge in [0.25, 0.3) is 0 Å². The number of nitrogens with zero attached hydrogens (tertiary/aromatic N) is 3. The second-order valence-electron chi connectivity index (χ2n) is 5.36. The Kier molecular flexibility index (Phi) is 3.87. The Morgan fingerprint density at radius 2 is 2.21 bits per heavy atom. The van der Waals surface area contributed by atoms with Crippen LogP contribution in [0.25, 0.3) is 0 Å². The van der Waals surface area contributed by atoms with Gasteiger partial charge in [0.05, 0.1) is 6.54 Å². The first-order chi connectivity index (χ1) is 8.95. The summed E-state index contributed by atoms with van der Waals surface area (Å²) in [4.78, 5) is 22.2. The Bertz CT molecular complexity index is 470. The predicted molar refractivity (Wildman–Crippen MR) is 75.0 cm³/mol. The lowest BCUT2D eigenvalue weighted by Gasteiger charge is -2.19. The fourth-order valence-corrected chi connectivity index (χ4v) is 1.72. The van der Waals surface area contributed by atoms with Crippen LogP contribution in [0, 0.1) is 0 Å². The standard InChI is InChI=1S/C13H21N5O/c1-8(2)13-16-10(14)6-11(17-13)18(3)7-12(19)15-9-4-5-9/h6,8-9H,4-5,7H2,1-3H3,(H,15,19)(H2,14,16,17). The Labute approximate surface area is 113 Å². The Morgan fingerprint density at radius 3 is 2.79 bits per heavy atom. The lowest BCUT2D eigenvalue weighted by atomic mass is 10.2. The maximum atomic E-state index is 11.8. The molecule has 6 heteroatoms. The number of nitrogens with one attached hydrogen (secondary N) is 1. The molecule has 1 aromatic rings. The summed E-state index contributed by atoms with van der Waals surface area (Å²) in [5.41, 5.74) is 5.78. The molecule has 0 atom stereocenters. The van der Waals surface area contributed by atoms with E-state index in [0.29, 0.717) is 23.5 Å². The van der Waals surface area contributed by atoms with E-state index in [0.717, 1.165) is 12.8 Å². The highest BCUT2D eigenvalue weighted by Crippen LogP contribution is 2.19. The number of amides is 1. The minimum Gasteiger partial charge on any atom is -0.384 e. The van der Waals surface area contributed by atoms with Crippen LogP contribution < -0.4 is 16.0 Å². The molecule has 0 saturated heterocycles. The third kappa shape index (κ3) is 3.81. The van der Waals surface area contributed by atoms with Gasteiger partial charge >= 0.3 is 0 Å². The molecule has 1 amide bonds. The number of carbonyl (C=O) groups is 1. The van der Waals surface area contributed by atoms with E-state index in [1.165, 1.54) is 0 Å². The van der Waals surface area contributed by atoms with Crippen molar-refractivity contribution in [3.8, 4) is 0 Å². The molecule has 104 valence electrons. The van der Waals surface area contributed by atoms with E-state index in [4.69, 9.17) is 5.73 Å². The van der Waals surface area contributed by atoms with Crippen molar-refractivity contribution in [2.75, 3.05) is 24.2 Å². The number of nitrogens with two attached hydrogens (primary N) is 1. The molecular formula is C13H21N5O. The van der Waals surface area contributed by atoms with Gasteiger partial charge in [0, 0.05) is 25.1 Å². The number of nitrogen functional groups attached to an aromatic ring is 1. The van der Waals surface area contributed by atoms with Crippen LogP contribution in [0.3, 0.4) is 0 Å². The zero-order valence-electron chi connectivity index (χ0n) is 11.7. The number of hydrogen-bond donors (Lipinski definition) is 2. The van der Waals surface area contributed by atoms with Crippen molar-refractivity contribution < 1.29 is 4.79 Å². The maximum Gasteiger partial charge on any atom is 0.239 e. The van der Waals surface area contributed by atoms with E-state index in [2.05, 4.69) is 15.3 Å². The second kappa shape index (κ2) is 5.42. The SMILES string of the molecule is CC(C)c1nc(N)cc(N(C)CC(=O)NC2CC2)n1. The fraction of sp³-hybridized carbons (Fsp3) is 0.615. The van der Waals surface area contributed by atoms with E-state index >= 15 is 0 Å². The molecule has 0 spiro atoms. The molecule has 3 N–H and O–H groups in total. The number of likely N-dealkylation sites (N-methyl/N-ethyl adjacent to an activating group) is 1. The summed E-state index contributed by atoms with van der Waals surface area (Å²) in [6.45, 7) is 4.31. The molecule has 2 rings (SSSR count). The fourth-order valence-electron chi connectivity index (χ4n) is 1.72. The largest absolute Gasteiger partial charge is 0.384 e. The van der Waals surface area contributed by atoms with Crippen LogP contribution in [0.2, 0.25) is 0 Å². The summed E-state index contributed by atoms with van der Waals surface area (Å²) in [7, 11) is 1.83. The van der Waals surface area contributed by atoms with E-state index in [9.17, 15) is 4.79 Å². The van der Waals surface area contributed by atoms with Crippen LogP contribution in [0.1, 0.15) is 38.4 Å². The van der Waals surface area contributed by atoms with Gasteiger partial charge in [-0.1, -0.05) is 13.8 Å². The zero-order chi connectivity index (χ0) is 14.0. The van der Waals surface area contributed by atoms with Gasteiger partial charge in [-0.15, -0.1) is 0 Å². The van der Waals surface area contributed by atoms with Crippen molar-refractivity contribution in [1.82, 2.24) is 15.3 Å². The third-order valence-corrected chi connectivity index (χ3v) is 2.98. The van der Waals surface area contributed by atoms with Crippen molar-refractivity contribution in [2.24, 2.45) is 0 Å². The Balaban J connectivity index is 2.04. The molecule has 0 aromatic carbocycles. The average Bonchev–Trinajstić information content (AvgIpc) is 3.11. The smallest absolute Gasteiger partial charge is 0.239 e. The number of anilines is 2. The second-order valence-corrected chi connectivity index (χ2v) is 5.36. The van der Waals surface area contributed by atoms with Gasteiger partial charge < -0.3 is 16.0 Å². The predicted octanol–water partition coefficient (Wildman–Crippen LogP) is 0.897. The molecule has 1 aromatic heterocycles. The summed E-state index contributed by atoms with van der Waals surface area (Å²) in [6, 6.07) is 2.07. The summed E-state index contributed by atoms with van der Waals surface area (Å²) in [6.07, 6.45) is 2.18. The van der Waals surface area contributed by atoms with Crippen LogP contribution >= 0.6 is 0 Å². The van der Waals surface area contributed by atoms with Crippen LogP contribution in [-0.2, 0) is 4.79 Å². The van der Waals surface area contributed by atoms with Crippen molar-refractivity contribution in [3.05, 3.63) is 11.9 Å². The van der Waals surface area contributed by atoms with Crippen molar-refractivity contribution >= 4 is 17.5 Å². The normalized spacial score (nSPS) is 14.5. The third-order valence-electron chi connectivity index (χ3n) is 2.98. The number of rotatable bonds is 5. The minimum absolute atomic E-state index is 0.0216. The lowest BCUT2D eigenvalue weighted by Crippen LogP contribution is -2.36. The molecule has 0 bridgehead atoms. The van der Waals surface area contributed by atoms with Gasteiger partial charge in [0.1, 0.15) is 17.5 Å². The van der Waals surface area contributed by atoms with E-state index in [1.54, 1.807) is 11.0 Å². The molecule has 0 unspecified atom stereocenters. The van der Waals surface area contributed by atoms with E-state index in [1.807, 2.05) is 20.9 Å². The highest BCUT2D eigenvalue weighted by molar-refractivity contribution is 5.81. The first kappa shape index (κ1) is 13.6. The molecule has 1 fully saturated rings. The molecule has 0 aliphatic heterocycles. The van der Waals surface area contributed by atoms with Gasteiger partial charge in [0.15, 0.2) is 0 Å². The van der Waals surface area contributed by atoms with Crippen LogP contribution in [0.5, 0.6) is 0 Å². The lowest BCUT2D eigenvalue weighted by molar-refractivity contribution is -0.119. The van der Waals surface area contributed by atoms with Crippen molar-refractivity contribution in [2.45, 2.75) is 38.6 Å². The molecular weight excluding hydrogens is 242 g/mol. The van der Waals surface area contributed by atoms with Gasteiger partial charge in [-0.3, -0.25) is 4.79 Å². The van der Waals surface area contributed by atoms with Crippen LogP contribution in [0.4, 0.5) is 11.6 Å². The molecule has 1 aliphatic rings. The highest BCUT2D eigenvalue weighted by atomic mass is 16.2. The monoisotopic (exact) mass is 263 g/mol. The van der Waals surface area contributed by atoms with E-state index in [-0.39, 0.29) is 18.4 Å². The summed E-state index contributed by atoms with van der Waals surface area (Å²) in [5, 5.41) is 2.95. The quantitative estimate of drug-likeness (QED) is 0.824. The number of carbonyl (C=O) groups excluding carboxylic acids is 1. The summed E-state index contributed by atoms with van der Waals surface area (Å²) in [5.74, 6) is 2.04. The Hall–Kier alpha value is -1.85. The average molecular weight is 263 g/mol. The molecule has 1 heterocycles. The number of aromatic nitrogens is 2. The van der Waals surface area contributed by atoms with Crippen molar-refractivity contribution in [1.29, 1.82) is 0 Å². The van der Waals surface area contributed by atoms with Crippen LogP contribution in [0.15, 0.2) is 6.07 Å². The van der Waals surface area contributed by atoms with Crippen LogP contribution in [-0.4, -0.2) is 35.5 Å². The van der Waals surface area contributed by atoms with Crippen molar-refractivity contribution in [3.63, 3.8) is 0 Å². The highest BCUT2D eigenvalue weighted by Gasteiger charge is 2.23. The maximum absolute atomic E-state index is 11.8. The first-order valence-corrected chi connectivity index (χ1v) is 6.60. The van der Waals surface area contributed by atoms with E-state index < -0.39 is 0 Å². The molecule has 19 heavy (non-hydrogen) atoms. The topological polar surface area (TPSA) is 84.1 Å². The number of hydrogen-bond acceptors (Lipinski definition) is 5. The molecule has 1 aliphatic carbocycles. The molecule has 0 radical (unpaired) electrons. The van der Waals surface area contributed by atoms with Gasteiger partial charge in [-0.2, -0.15) is 0 Å². The molecule has 6 nitrogen and oxygen atoms in total. The molecule has 1 saturated carbocycles. The van der Waals surface area contributed by atoms with Gasteiger partial charge in [0.2, 0.25) is 5.91 Å². The summed E-state index contributed by atoms with van der Waals surface area (Å²) >= 11 is 0. The Morgan fingerprint density at radius 1 is 1.53 bits per heavy atom. The minimum atomic E-state index is 0.0216. The summed E-state index contributed by atoms with van der Waals surface area (Å²) < 4.78 is 0.